The number of benzene rings is 6. The summed E-state index contributed by atoms with van der Waals surface area (Å²) in [6.07, 6.45) is 3.21. The molecule has 9 aromatic rings. The van der Waals surface area contributed by atoms with Crippen molar-refractivity contribution < 1.29 is 24.5 Å². The van der Waals surface area contributed by atoms with Crippen molar-refractivity contribution in [2.45, 2.75) is 73.0 Å². The summed E-state index contributed by atoms with van der Waals surface area (Å²) < 4.78 is 8.77. The second-order valence-electron chi connectivity index (χ2n) is 18.8. The summed E-state index contributed by atoms with van der Waals surface area (Å²) in [6.45, 7) is 20.9. The molecular formula is C54H53IrN3OSi-2. The van der Waals surface area contributed by atoms with E-state index in [1.165, 1.54) is 27.4 Å². The summed E-state index contributed by atoms with van der Waals surface area (Å²) in [4.78, 5) is 9.92. The monoisotopic (exact) mass is 980 g/mol. The van der Waals surface area contributed by atoms with Gasteiger partial charge in [0.2, 0.25) is 0 Å². The van der Waals surface area contributed by atoms with Crippen molar-refractivity contribution in [3.8, 4) is 39.5 Å². The SMILES string of the molecule is CC(C)(C)Cc1cc(-c2[c-]cccc2)ncc1[Si](C)(C)C.CC(C)(C)c1cccc(-c2ccccc2)c1-n1c(-c2[c-]ccc3c2oc2ccccc23)nc2ccccc21.[Ir]. The summed E-state index contributed by atoms with van der Waals surface area (Å²) in [5.74, 6) is 0.824. The van der Waals surface area contributed by atoms with Crippen LogP contribution in [0.1, 0.15) is 52.7 Å². The van der Waals surface area contributed by atoms with E-state index in [0.717, 1.165) is 67.7 Å². The number of furan rings is 1. The third kappa shape index (κ3) is 8.74. The van der Waals surface area contributed by atoms with Crippen molar-refractivity contribution in [1.82, 2.24) is 14.5 Å². The molecule has 0 bridgehead atoms. The molecule has 0 aliphatic carbocycles. The summed E-state index contributed by atoms with van der Waals surface area (Å²) in [7, 11) is -1.37. The van der Waals surface area contributed by atoms with Gasteiger partial charge in [-0.05, 0) is 57.5 Å². The molecule has 0 saturated carbocycles. The Morgan fingerprint density at radius 3 is 2.13 bits per heavy atom. The summed E-state index contributed by atoms with van der Waals surface area (Å²) >= 11 is 0. The van der Waals surface area contributed by atoms with E-state index in [1.54, 1.807) is 0 Å². The Labute approximate surface area is 370 Å². The Morgan fingerprint density at radius 2 is 1.42 bits per heavy atom. The Morgan fingerprint density at radius 1 is 0.700 bits per heavy atom. The molecule has 60 heavy (non-hydrogen) atoms. The maximum Gasteiger partial charge on any atom is 0.120 e. The van der Waals surface area contributed by atoms with Crippen LogP contribution in [0, 0.1) is 17.5 Å². The van der Waals surface area contributed by atoms with Crippen LogP contribution in [0.3, 0.4) is 0 Å². The normalized spacial score (nSPS) is 12.0. The minimum atomic E-state index is -1.37. The molecule has 0 N–H and O–H groups in total. The van der Waals surface area contributed by atoms with Gasteiger partial charge in [-0.15, -0.1) is 54.1 Å². The Hall–Kier alpha value is -5.39. The van der Waals surface area contributed by atoms with Gasteiger partial charge in [-0.2, -0.15) is 0 Å². The van der Waals surface area contributed by atoms with Crippen LogP contribution in [0.15, 0.2) is 150 Å². The average molecular weight is 980 g/mol. The number of hydrogen-bond donors (Lipinski definition) is 0. The van der Waals surface area contributed by atoms with E-state index < -0.39 is 8.07 Å². The number of aromatic nitrogens is 3. The molecule has 3 aromatic heterocycles. The van der Waals surface area contributed by atoms with Gasteiger partial charge in [0.25, 0.3) is 0 Å². The van der Waals surface area contributed by atoms with Gasteiger partial charge in [0.05, 0.1) is 36.2 Å². The van der Waals surface area contributed by atoms with E-state index >= 15 is 0 Å². The van der Waals surface area contributed by atoms with Crippen LogP contribution in [0.4, 0.5) is 0 Å². The molecule has 6 heteroatoms. The van der Waals surface area contributed by atoms with Crippen molar-refractivity contribution in [1.29, 1.82) is 0 Å². The molecule has 0 aliphatic heterocycles. The molecule has 9 rings (SSSR count). The van der Waals surface area contributed by atoms with Gasteiger partial charge in [-0.25, -0.2) is 0 Å². The minimum Gasteiger partial charge on any atom is -0.501 e. The minimum absolute atomic E-state index is 0. The molecule has 1 radical (unpaired) electrons. The fourth-order valence-corrected chi connectivity index (χ4v) is 9.68. The van der Waals surface area contributed by atoms with Crippen molar-refractivity contribution >= 4 is 46.2 Å². The van der Waals surface area contributed by atoms with E-state index in [0.29, 0.717) is 0 Å². The van der Waals surface area contributed by atoms with Gasteiger partial charge in [0.1, 0.15) is 5.58 Å². The second-order valence-corrected chi connectivity index (χ2v) is 23.8. The van der Waals surface area contributed by atoms with Gasteiger partial charge in [-0.1, -0.05) is 163 Å². The smallest absolute Gasteiger partial charge is 0.120 e. The van der Waals surface area contributed by atoms with Gasteiger partial charge in [0, 0.05) is 37.3 Å². The maximum atomic E-state index is 6.45. The number of hydrogen-bond acceptors (Lipinski definition) is 3. The average Bonchev–Trinajstić information content (AvgIpc) is 3.79. The zero-order valence-electron chi connectivity index (χ0n) is 36.1. The fraction of sp³-hybridized carbons (Fsp3) is 0.222. The van der Waals surface area contributed by atoms with Crippen LogP contribution >= 0.6 is 0 Å². The fourth-order valence-electron chi connectivity index (χ4n) is 8.11. The number of pyridine rings is 1. The molecule has 0 amide bonds. The Kier molecular flexibility index (Phi) is 12.1. The van der Waals surface area contributed by atoms with E-state index in [2.05, 4.69) is 181 Å². The molecular weight excluding hydrogens is 927 g/mol. The van der Waals surface area contributed by atoms with E-state index in [4.69, 9.17) is 14.4 Å². The van der Waals surface area contributed by atoms with Gasteiger partial charge >= 0.3 is 0 Å². The third-order valence-corrected chi connectivity index (χ3v) is 12.8. The predicted octanol–water partition coefficient (Wildman–Crippen LogP) is 14.0. The molecule has 0 saturated heterocycles. The molecule has 0 atom stereocenters. The van der Waals surface area contributed by atoms with E-state index in [9.17, 15) is 0 Å². The molecule has 305 valence electrons. The molecule has 0 unspecified atom stereocenters. The zero-order valence-corrected chi connectivity index (χ0v) is 39.5. The predicted molar refractivity (Wildman–Crippen MR) is 251 cm³/mol. The molecule has 4 nitrogen and oxygen atoms in total. The van der Waals surface area contributed by atoms with Crippen LogP contribution < -0.4 is 5.19 Å². The molecule has 0 spiro atoms. The third-order valence-electron chi connectivity index (χ3n) is 10.8. The van der Waals surface area contributed by atoms with E-state index in [-0.39, 0.29) is 30.9 Å². The van der Waals surface area contributed by atoms with Crippen LogP contribution in [-0.4, -0.2) is 22.6 Å². The summed E-state index contributed by atoms with van der Waals surface area (Å²) in [5.41, 5.74) is 13.0. The maximum absolute atomic E-state index is 6.45. The quantitative estimate of drug-likeness (QED) is 0.123. The van der Waals surface area contributed by atoms with Crippen LogP contribution in [0.25, 0.3) is 72.4 Å². The number of nitrogens with zero attached hydrogens (tertiary/aromatic N) is 3. The van der Waals surface area contributed by atoms with Crippen molar-refractivity contribution in [2.75, 3.05) is 0 Å². The number of rotatable bonds is 6. The first-order chi connectivity index (χ1) is 28.2. The largest absolute Gasteiger partial charge is 0.501 e. The second kappa shape index (κ2) is 16.9. The van der Waals surface area contributed by atoms with Gasteiger partial charge in [-0.3, -0.25) is 4.98 Å². The Balaban J connectivity index is 0.000000212. The van der Waals surface area contributed by atoms with Crippen molar-refractivity contribution in [3.05, 3.63) is 169 Å². The standard InChI is InChI=1S/C35H27N2O.C19H26NSi.Ir/c1-35(2,3)28-19-12-16-24(23-13-5-4-6-14-23)32(28)37-30-21-9-8-20-29(30)36-34(37)27-18-11-17-26-25-15-7-10-22-31(25)38-33(26)27;1-19(2,3)13-16-12-17(15-10-8-7-9-11-15)20-14-18(16)21(4,5)6;/h4-17,19-22H,1-3H3;7-10,12,14H,13H2,1-6H3;/q2*-1;. The van der Waals surface area contributed by atoms with Gasteiger partial charge in [0.15, 0.2) is 0 Å². The molecule has 0 aliphatic rings. The summed E-state index contributed by atoms with van der Waals surface area (Å²) in [5, 5.41) is 3.65. The summed E-state index contributed by atoms with van der Waals surface area (Å²) in [6, 6.07) is 55.0. The van der Waals surface area contributed by atoms with Crippen LogP contribution in [0.5, 0.6) is 0 Å². The van der Waals surface area contributed by atoms with Crippen LogP contribution in [-0.2, 0) is 31.9 Å². The van der Waals surface area contributed by atoms with Crippen molar-refractivity contribution in [2.24, 2.45) is 5.41 Å². The van der Waals surface area contributed by atoms with E-state index in [1.807, 2.05) is 42.5 Å². The topological polar surface area (TPSA) is 43.9 Å². The first kappa shape index (κ1) is 42.7. The first-order valence-electron chi connectivity index (χ1n) is 20.6. The Bertz CT molecular complexity index is 2910. The van der Waals surface area contributed by atoms with Crippen molar-refractivity contribution in [3.63, 3.8) is 0 Å². The zero-order chi connectivity index (χ0) is 41.5. The van der Waals surface area contributed by atoms with Gasteiger partial charge < -0.3 is 14.0 Å². The first-order valence-corrected chi connectivity index (χ1v) is 24.1. The number of para-hydroxylation sites is 4. The number of imidazole rings is 1. The van der Waals surface area contributed by atoms with Crippen LogP contribution in [0.2, 0.25) is 19.6 Å². The molecule has 0 fully saturated rings. The molecule has 6 aromatic carbocycles. The number of fused-ring (bicyclic) bond motifs is 4. The molecule has 3 heterocycles.